The molecule has 0 aliphatic carbocycles. The van der Waals surface area contributed by atoms with Gasteiger partial charge in [0.25, 0.3) is 0 Å². The first kappa shape index (κ1) is 19.8. The van der Waals surface area contributed by atoms with Crippen LogP contribution in [0.25, 0.3) is 0 Å². The van der Waals surface area contributed by atoms with E-state index < -0.39 is 5.60 Å². The van der Waals surface area contributed by atoms with Gasteiger partial charge >= 0.3 is 5.97 Å². The molecule has 5 nitrogen and oxygen atoms in total. The minimum absolute atomic E-state index is 0.0546. The maximum Gasteiger partial charge on any atom is 0.308 e. The number of hydrogen-bond acceptors (Lipinski definition) is 5. The first-order valence-corrected chi connectivity index (χ1v) is 8.43. The van der Waals surface area contributed by atoms with Crippen LogP contribution >= 0.6 is 0 Å². The highest BCUT2D eigenvalue weighted by Crippen LogP contribution is 2.39. The van der Waals surface area contributed by atoms with E-state index in [0.29, 0.717) is 0 Å². The van der Waals surface area contributed by atoms with E-state index in [4.69, 9.17) is 14.5 Å². The standard InChI is InChI=1S/C18H30O5/c1-6-14(9-8-13(3)19)11-18(4)12-15(7-2)16(22-23-18)10-17(20)21-5/h8-9,14-16H,6-7,10-12H2,1-5H3/b9-8+/t14?,15-,16-,18+/m1/s1. The third-order valence-electron chi connectivity index (χ3n) is 4.53. The maximum atomic E-state index is 11.5. The summed E-state index contributed by atoms with van der Waals surface area (Å²) in [4.78, 5) is 33.8. The lowest BCUT2D eigenvalue weighted by atomic mass is 9.79. The molecule has 0 N–H and O–H groups in total. The van der Waals surface area contributed by atoms with E-state index in [9.17, 15) is 9.59 Å². The zero-order valence-electron chi connectivity index (χ0n) is 15.0. The molecule has 0 spiro atoms. The Balaban J connectivity index is 2.69. The van der Waals surface area contributed by atoms with Gasteiger partial charge in [-0.05, 0) is 51.0 Å². The molecule has 1 rings (SSSR count). The molecule has 1 aliphatic heterocycles. The molecule has 1 aliphatic rings. The Bertz CT molecular complexity index is 431. The highest BCUT2D eigenvalue weighted by atomic mass is 17.2. The summed E-state index contributed by atoms with van der Waals surface area (Å²) in [6.45, 7) is 7.78. The lowest BCUT2D eigenvalue weighted by Crippen LogP contribution is -2.45. The maximum absolute atomic E-state index is 11.5. The lowest BCUT2D eigenvalue weighted by molar-refractivity contribution is -0.419. The van der Waals surface area contributed by atoms with Gasteiger partial charge in [-0.15, -0.1) is 0 Å². The number of hydrogen-bond donors (Lipinski definition) is 0. The smallest absolute Gasteiger partial charge is 0.308 e. The molecule has 1 saturated heterocycles. The van der Waals surface area contributed by atoms with E-state index in [1.807, 2.05) is 13.0 Å². The Labute approximate surface area is 139 Å². The molecule has 0 aromatic rings. The van der Waals surface area contributed by atoms with E-state index in [0.717, 1.165) is 25.7 Å². The minimum Gasteiger partial charge on any atom is -0.469 e. The van der Waals surface area contributed by atoms with Gasteiger partial charge in [0.05, 0.1) is 13.5 Å². The van der Waals surface area contributed by atoms with E-state index >= 15 is 0 Å². The summed E-state index contributed by atoms with van der Waals surface area (Å²) >= 11 is 0. The molecule has 0 aromatic heterocycles. The molecule has 132 valence electrons. The Morgan fingerprint density at radius 2 is 2.09 bits per heavy atom. The summed E-state index contributed by atoms with van der Waals surface area (Å²) in [5.41, 5.74) is -0.408. The van der Waals surface area contributed by atoms with E-state index in [1.54, 1.807) is 13.0 Å². The number of esters is 1. The van der Waals surface area contributed by atoms with Crippen molar-refractivity contribution in [2.45, 2.75) is 71.5 Å². The van der Waals surface area contributed by atoms with Gasteiger partial charge in [0.2, 0.25) is 0 Å². The van der Waals surface area contributed by atoms with Gasteiger partial charge in [0, 0.05) is 0 Å². The van der Waals surface area contributed by atoms with Crippen molar-refractivity contribution >= 4 is 11.8 Å². The van der Waals surface area contributed by atoms with Crippen molar-refractivity contribution in [1.29, 1.82) is 0 Å². The Kier molecular flexibility index (Phi) is 7.92. The molecular weight excluding hydrogens is 296 g/mol. The Hall–Kier alpha value is -1.20. The van der Waals surface area contributed by atoms with Crippen LogP contribution < -0.4 is 0 Å². The number of methoxy groups -OCH3 is 1. The van der Waals surface area contributed by atoms with Crippen molar-refractivity contribution in [3.63, 3.8) is 0 Å². The van der Waals surface area contributed by atoms with Gasteiger partial charge in [-0.25, -0.2) is 9.78 Å². The van der Waals surface area contributed by atoms with Gasteiger partial charge in [-0.1, -0.05) is 26.3 Å². The van der Waals surface area contributed by atoms with Crippen molar-refractivity contribution in [2.24, 2.45) is 11.8 Å². The van der Waals surface area contributed by atoms with Crippen LogP contribution in [0, 0.1) is 11.8 Å². The van der Waals surface area contributed by atoms with Crippen molar-refractivity contribution < 1.29 is 24.1 Å². The van der Waals surface area contributed by atoms with Crippen LogP contribution in [0.5, 0.6) is 0 Å². The molecule has 0 radical (unpaired) electrons. The molecule has 4 atom stereocenters. The second kappa shape index (κ2) is 9.18. The molecule has 1 heterocycles. The largest absolute Gasteiger partial charge is 0.469 e. The monoisotopic (exact) mass is 326 g/mol. The van der Waals surface area contributed by atoms with Gasteiger partial charge in [0.15, 0.2) is 5.78 Å². The third kappa shape index (κ3) is 6.43. The number of ether oxygens (including phenoxy) is 1. The topological polar surface area (TPSA) is 61.8 Å². The fourth-order valence-corrected chi connectivity index (χ4v) is 3.12. The summed E-state index contributed by atoms with van der Waals surface area (Å²) in [6, 6.07) is 0. The van der Waals surface area contributed by atoms with Gasteiger partial charge < -0.3 is 4.74 Å². The van der Waals surface area contributed by atoms with Crippen molar-refractivity contribution in [1.82, 2.24) is 0 Å². The quantitative estimate of drug-likeness (QED) is 0.387. The van der Waals surface area contributed by atoms with Gasteiger partial charge in [0.1, 0.15) is 11.7 Å². The molecule has 1 fully saturated rings. The van der Waals surface area contributed by atoms with Crippen LogP contribution in [-0.4, -0.2) is 30.6 Å². The summed E-state index contributed by atoms with van der Waals surface area (Å²) in [7, 11) is 1.38. The molecule has 5 heteroatoms. The predicted molar refractivity (Wildman–Crippen MR) is 87.6 cm³/mol. The summed E-state index contributed by atoms with van der Waals surface area (Å²) in [5.74, 6) is 0.291. The third-order valence-corrected chi connectivity index (χ3v) is 4.53. The predicted octanol–water partition coefficient (Wildman–Crippen LogP) is 3.62. The van der Waals surface area contributed by atoms with E-state index in [-0.39, 0.29) is 36.1 Å². The number of carbonyl (C=O) groups excluding carboxylic acids is 2. The normalized spacial score (nSPS) is 29.4. The fraction of sp³-hybridized carbons (Fsp3) is 0.778. The van der Waals surface area contributed by atoms with Crippen LogP contribution in [0.1, 0.15) is 59.8 Å². The second-order valence-corrected chi connectivity index (χ2v) is 6.66. The number of allylic oxidation sites excluding steroid dienone is 2. The van der Waals surface area contributed by atoms with E-state index in [2.05, 4.69) is 13.8 Å². The minimum atomic E-state index is -0.408. The van der Waals surface area contributed by atoms with Crippen LogP contribution in [-0.2, 0) is 24.1 Å². The molecule has 0 aromatic carbocycles. The Morgan fingerprint density at radius 3 is 2.61 bits per heavy atom. The molecule has 23 heavy (non-hydrogen) atoms. The van der Waals surface area contributed by atoms with E-state index in [1.165, 1.54) is 7.11 Å². The summed E-state index contributed by atoms with van der Waals surface area (Å²) in [5, 5.41) is 0. The lowest BCUT2D eigenvalue weighted by Gasteiger charge is -2.42. The second-order valence-electron chi connectivity index (χ2n) is 6.66. The summed E-state index contributed by atoms with van der Waals surface area (Å²) < 4.78 is 4.72. The molecule has 0 saturated carbocycles. The average Bonchev–Trinajstić information content (AvgIpc) is 2.52. The number of ketones is 1. The van der Waals surface area contributed by atoms with Crippen LogP contribution in [0.15, 0.2) is 12.2 Å². The van der Waals surface area contributed by atoms with Crippen molar-refractivity contribution in [3.8, 4) is 0 Å². The van der Waals surface area contributed by atoms with Crippen molar-refractivity contribution in [3.05, 3.63) is 12.2 Å². The summed E-state index contributed by atoms with van der Waals surface area (Å²) in [6.07, 6.45) is 7.01. The van der Waals surface area contributed by atoms with Crippen molar-refractivity contribution in [2.75, 3.05) is 7.11 Å². The van der Waals surface area contributed by atoms with Crippen LogP contribution in [0.2, 0.25) is 0 Å². The highest BCUT2D eigenvalue weighted by Gasteiger charge is 2.41. The first-order valence-electron chi connectivity index (χ1n) is 8.43. The SMILES string of the molecule is CCC(/C=C/C(C)=O)C[C@@]1(C)C[C@@H](CC)[C@@H](CC(=O)OC)OO1. The highest BCUT2D eigenvalue weighted by molar-refractivity contribution is 5.87. The molecule has 0 bridgehead atoms. The first-order chi connectivity index (χ1) is 10.8. The van der Waals surface area contributed by atoms with Crippen LogP contribution in [0.4, 0.5) is 0 Å². The molecule has 0 amide bonds. The Morgan fingerprint density at radius 1 is 1.39 bits per heavy atom. The zero-order chi connectivity index (χ0) is 17.5. The van der Waals surface area contributed by atoms with Gasteiger partial charge in [-0.3, -0.25) is 9.59 Å². The van der Waals surface area contributed by atoms with Crippen LogP contribution in [0.3, 0.4) is 0 Å². The van der Waals surface area contributed by atoms with Gasteiger partial charge in [-0.2, -0.15) is 0 Å². The zero-order valence-corrected chi connectivity index (χ0v) is 15.0. The molecule has 1 unspecified atom stereocenters. The average molecular weight is 326 g/mol. The number of rotatable bonds is 8. The molecular formula is C18H30O5. The fourth-order valence-electron chi connectivity index (χ4n) is 3.12. The number of carbonyl (C=O) groups is 2.